The van der Waals surface area contributed by atoms with E-state index in [1.165, 1.54) is 37.3 Å². The molecule has 2 nitrogen and oxygen atoms in total. The fraction of sp³-hybridized carbons (Fsp3) is 0.200. The summed E-state index contributed by atoms with van der Waals surface area (Å²) in [5.41, 5.74) is 0.842. The summed E-state index contributed by atoms with van der Waals surface area (Å²) in [4.78, 5) is 0. The largest absolute Gasteiger partial charge is 0.454 e. The monoisotopic (exact) mass is 264 g/mol. The van der Waals surface area contributed by atoms with Crippen LogP contribution in [0.5, 0.6) is 11.5 Å². The maximum Gasteiger partial charge on any atom is 0.165 e. The van der Waals surface area contributed by atoms with Gasteiger partial charge in [0.25, 0.3) is 0 Å². The van der Waals surface area contributed by atoms with Crippen LogP contribution in [0.25, 0.3) is 0 Å². The summed E-state index contributed by atoms with van der Waals surface area (Å²) in [5, 5.41) is 9.57. The van der Waals surface area contributed by atoms with E-state index in [0.717, 1.165) is 5.56 Å². The lowest BCUT2D eigenvalue weighted by Crippen LogP contribution is -2.00. The first-order valence-electron chi connectivity index (χ1n) is 5.89. The summed E-state index contributed by atoms with van der Waals surface area (Å²) in [6.07, 6.45) is -1.04. The zero-order chi connectivity index (χ0) is 14.0. The summed E-state index contributed by atoms with van der Waals surface area (Å²) in [6, 6.07) is 8.58. The third-order valence-electron chi connectivity index (χ3n) is 2.74. The molecule has 0 aliphatic carbocycles. The highest BCUT2D eigenvalue weighted by Gasteiger charge is 2.16. The van der Waals surface area contributed by atoms with Gasteiger partial charge in [-0.15, -0.1) is 0 Å². The molecule has 0 fully saturated rings. The first-order valence-corrected chi connectivity index (χ1v) is 5.89. The van der Waals surface area contributed by atoms with Crippen LogP contribution in [0.4, 0.5) is 8.78 Å². The van der Waals surface area contributed by atoms with E-state index < -0.39 is 17.7 Å². The lowest BCUT2D eigenvalue weighted by Gasteiger charge is -2.14. The maximum atomic E-state index is 13.6. The molecule has 2 aromatic carbocycles. The van der Waals surface area contributed by atoms with Gasteiger partial charge in [0.2, 0.25) is 0 Å². The van der Waals surface area contributed by atoms with Gasteiger partial charge in [0, 0.05) is 0 Å². The zero-order valence-electron chi connectivity index (χ0n) is 10.7. The van der Waals surface area contributed by atoms with Gasteiger partial charge >= 0.3 is 0 Å². The molecule has 0 aliphatic heterocycles. The molecule has 2 aromatic rings. The van der Waals surface area contributed by atoms with E-state index in [1.807, 2.05) is 0 Å². The van der Waals surface area contributed by atoms with Gasteiger partial charge < -0.3 is 9.84 Å². The molecule has 0 bridgehead atoms. The topological polar surface area (TPSA) is 29.5 Å². The molecule has 0 saturated heterocycles. The van der Waals surface area contributed by atoms with Crippen molar-refractivity contribution in [1.82, 2.24) is 0 Å². The van der Waals surface area contributed by atoms with Crippen LogP contribution in [-0.2, 0) is 0 Å². The Morgan fingerprint density at radius 2 is 1.79 bits per heavy atom. The Hall–Kier alpha value is -1.94. The third kappa shape index (κ3) is 2.90. The molecule has 0 amide bonds. The van der Waals surface area contributed by atoms with Crippen LogP contribution < -0.4 is 4.74 Å². The number of aryl methyl sites for hydroxylation is 1. The predicted molar refractivity (Wildman–Crippen MR) is 68.2 cm³/mol. The second-order valence-electron chi connectivity index (χ2n) is 4.36. The zero-order valence-corrected chi connectivity index (χ0v) is 10.7. The molecule has 0 unspecified atom stereocenters. The molecular weight excluding hydrogens is 250 g/mol. The lowest BCUT2D eigenvalue weighted by molar-refractivity contribution is 0.190. The van der Waals surface area contributed by atoms with Crippen LogP contribution in [0.2, 0.25) is 0 Å². The Balaban J connectivity index is 2.44. The Labute approximate surface area is 110 Å². The number of halogens is 2. The van der Waals surface area contributed by atoms with Crippen molar-refractivity contribution in [3.63, 3.8) is 0 Å². The molecule has 0 heterocycles. The summed E-state index contributed by atoms with van der Waals surface area (Å²) in [6.45, 7) is 3.23. The van der Waals surface area contributed by atoms with Gasteiger partial charge in [0.05, 0.1) is 11.7 Å². The molecule has 0 aromatic heterocycles. The Morgan fingerprint density at radius 1 is 1.05 bits per heavy atom. The Kier molecular flexibility index (Phi) is 3.81. The summed E-state index contributed by atoms with van der Waals surface area (Å²) < 4.78 is 32.6. The van der Waals surface area contributed by atoms with Gasteiger partial charge in [-0.05, 0) is 43.7 Å². The third-order valence-corrected chi connectivity index (χ3v) is 2.74. The molecule has 4 heteroatoms. The standard InChI is InChI=1S/C15H14F2O2/c1-9-6-7-11(16)14(8-9)19-13-5-3-4-12(17)15(13)10(2)18/h3-8,10,18H,1-2H3/t10-/m0/s1. The predicted octanol–water partition coefficient (Wildman–Crippen LogP) is 4.12. The van der Waals surface area contributed by atoms with E-state index >= 15 is 0 Å². The molecule has 0 saturated carbocycles. The molecule has 1 atom stereocenters. The average molecular weight is 264 g/mol. The minimum atomic E-state index is -1.04. The van der Waals surface area contributed by atoms with Gasteiger partial charge in [-0.2, -0.15) is 0 Å². The molecule has 19 heavy (non-hydrogen) atoms. The van der Waals surface area contributed by atoms with Crippen LogP contribution in [0.3, 0.4) is 0 Å². The van der Waals surface area contributed by atoms with Gasteiger partial charge in [-0.1, -0.05) is 12.1 Å². The van der Waals surface area contributed by atoms with Crippen molar-refractivity contribution in [1.29, 1.82) is 0 Å². The second kappa shape index (κ2) is 5.36. The number of aliphatic hydroxyl groups is 1. The minimum Gasteiger partial charge on any atom is -0.454 e. The SMILES string of the molecule is Cc1ccc(F)c(Oc2cccc(F)c2[C@H](C)O)c1. The molecule has 2 rings (SSSR count). The van der Waals surface area contributed by atoms with Crippen molar-refractivity contribution < 1.29 is 18.6 Å². The van der Waals surface area contributed by atoms with Crippen molar-refractivity contribution in [2.45, 2.75) is 20.0 Å². The smallest absolute Gasteiger partial charge is 0.165 e. The average Bonchev–Trinajstić information content (AvgIpc) is 2.33. The quantitative estimate of drug-likeness (QED) is 0.903. The van der Waals surface area contributed by atoms with Gasteiger partial charge in [-0.3, -0.25) is 0 Å². The minimum absolute atomic E-state index is 0.00694. The summed E-state index contributed by atoms with van der Waals surface area (Å²) in [5.74, 6) is -1.00. The van der Waals surface area contributed by atoms with Crippen molar-refractivity contribution in [3.8, 4) is 11.5 Å². The fourth-order valence-electron chi connectivity index (χ4n) is 1.82. The number of hydrogen-bond donors (Lipinski definition) is 1. The number of ether oxygens (including phenoxy) is 1. The van der Waals surface area contributed by atoms with Crippen molar-refractivity contribution in [2.75, 3.05) is 0 Å². The van der Waals surface area contributed by atoms with E-state index in [-0.39, 0.29) is 17.1 Å². The highest BCUT2D eigenvalue weighted by atomic mass is 19.1. The maximum absolute atomic E-state index is 13.6. The van der Waals surface area contributed by atoms with Crippen molar-refractivity contribution in [2.24, 2.45) is 0 Å². The molecule has 1 N–H and O–H groups in total. The van der Waals surface area contributed by atoms with Crippen LogP contribution in [-0.4, -0.2) is 5.11 Å². The van der Waals surface area contributed by atoms with E-state index in [9.17, 15) is 13.9 Å². The Morgan fingerprint density at radius 3 is 2.47 bits per heavy atom. The van der Waals surface area contributed by atoms with E-state index in [1.54, 1.807) is 13.0 Å². The van der Waals surface area contributed by atoms with Crippen LogP contribution in [0, 0.1) is 18.6 Å². The van der Waals surface area contributed by atoms with Crippen LogP contribution >= 0.6 is 0 Å². The lowest BCUT2D eigenvalue weighted by atomic mass is 10.1. The molecule has 0 aliphatic rings. The van der Waals surface area contributed by atoms with Crippen molar-refractivity contribution in [3.05, 3.63) is 59.2 Å². The van der Waals surface area contributed by atoms with E-state index in [4.69, 9.17) is 4.74 Å². The highest BCUT2D eigenvalue weighted by molar-refractivity contribution is 5.41. The summed E-state index contributed by atoms with van der Waals surface area (Å²) >= 11 is 0. The first kappa shape index (κ1) is 13.5. The molecule has 100 valence electrons. The Bertz CT molecular complexity index is 595. The second-order valence-corrected chi connectivity index (χ2v) is 4.36. The number of benzene rings is 2. The van der Waals surface area contributed by atoms with Crippen LogP contribution in [0.15, 0.2) is 36.4 Å². The molecule has 0 radical (unpaired) electrons. The number of aliphatic hydroxyl groups excluding tert-OH is 1. The van der Waals surface area contributed by atoms with E-state index in [2.05, 4.69) is 0 Å². The molecule has 0 spiro atoms. The normalized spacial score (nSPS) is 12.3. The van der Waals surface area contributed by atoms with E-state index in [0.29, 0.717) is 0 Å². The van der Waals surface area contributed by atoms with Gasteiger partial charge in [0.15, 0.2) is 11.6 Å². The first-order chi connectivity index (χ1) is 8.99. The van der Waals surface area contributed by atoms with Gasteiger partial charge in [0.1, 0.15) is 11.6 Å². The highest BCUT2D eigenvalue weighted by Crippen LogP contribution is 2.33. The summed E-state index contributed by atoms with van der Waals surface area (Å²) in [7, 11) is 0. The fourth-order valence-corrected chi connectivity index (χ4v) is 1.82. The number of rotatable bonds is 3. The number of hydrogen-bond acceptors (Lipinski definition) is 2. The molecular formula is C15H14F2O2. The van der Waals surface area contributed by atoms with Crippen LogP contribution in [0.1, 0.15) is 24.2 Å². The van der Waals surface area contributed by atoms with Gasteiger partial charge in [-0.25, -0.2) is 8.78 Å². The van der Waals surface area contributed by atoms with Crippen molar-refractivity contribution >= 4 is 0 Å².